The van der Waals surface area contributed by atoms with Crippen molar-refractivity contribution in [2.24, 2.45) is 0 Å². The van der Waals surface area contributed by atoms with Gasteiger partial charge in [0.25, 0.3) is 0 Å². The van der Waals surface area contributed by atoms with Crippen molar-refractivity contribution in [3.05, 3.63) is 143 Å². The van der Waals surface area contributed by atoms with E-state index >= 15 is 0 Å². The zero-order chi connectivity index (χ0) is 31.2. The van der Waals surface area contributed by atoms with Crippen LogP contribution in [0, 0.1) is 22.7 Å². The van der Waals surface area contributed by atoms with Crippen LogP contribution >= 0.6 is 0 Å². The average Bonchev–Trinajstić information content (AvgIpc) is 3.10. The average molecular weight is 584 g/mol. The standard InChI is InChI=1S/C41H33N3O/c1-3-4-8-31-17-25-38-37(39(31)27-42)26-18-32(40(38)28-43)16-13-29-14-19-33(20-15-29)44(34-21-23-35(45-2)24-22-34)41-12-7-10-30-9-5-6-11-36(30)41/h5-7,9-26H,3-4,8H2,1-2H3. The Morgan fingerprint density at radius 1 is 0.667 bits per heavy atom. The molecular weight excluding hydrogens is 550 g/mol. The predicted octanol–water partition coefficient (Wildman–Crippen LogP) is 10.7. The molecule has 0 saturated carbocycles. The Hall–Kier alpha value is -5.84. The lowest BCUT2D eigenvalue weighted by molar-refractivity contribution is 0.415. The number of benzene rings is 6. The number of hydrogen-bond donors (Lipinski definition) is 0. The lowest BCUT2D eigenvalue weighted by atomic mass is 9.92. The van der Waals surface area contributed by atoms with E-state index in [1.54, 1.807) is 7.11 Å². The minimum atomic E-state index is 0.584. The maximum absolute atomic E-state index is 10.1. The van der Waals surface area contributed by atoms with Crippen molar-refractivity contribution in [2.45, 2.75) is 26.2 Å². The molecule has 0 bridgehead atoms. The Morgan fingerprint density at radius 2 is 1.33 bits per heavy atom. The third kappa shape index (κ3) is 5.87. The number of nitriles is 2. The minimum absolute atomic E-state index is 0.584. The van der Waals surface area contributed by atoms with Crippen LogP contribution in [-0.4, -0.2) is 7.11 Å². The zero-order valence-electron chi connectivity index (χ0n) is 25.5. The molecule has 0 atom stereocenters. The van der Waals surface area contributed by atoms with Crippen LogP contribution in [0.5, 0.6) is 5.75 Å². The summed E-state index contributed by atoms with van der Waals surface area (Å²) in [7, 11) is 1.68. The van der Waals surface area contributed by atoms with E-state index < -0.39 is 0 Å². The van der Waals surface area contributed by atoms with Gasteiger partial charge in [0.2, 0.25) is 0 Å². The summed E-state index contributed by atoms with van der Waals surface area (Å²) in [6, 6.07) is 44.0. The molecule has 45 heavy (non-hydrogen) atoms. The fourth-order valence-electron chi connectivity index (χ4n) is 5.92. The number of methoxy groups -OCH3 is 1. The largest absolute Gasteiger partial charge is 0.497 e. The molecule has 4 nitrogen and oxygen atoms in total. The molecule has 6 aromatic rings. The summed E-state index contributed by atoms with van der Waals surface area (Å²) in [6.07, 6.45) is 6.98. The van der Waals surface area contributed by atoms with Crippen molar-refractivity contribution in [3.63, 3.8) is 0 Å². The molecule has 0 aliphatic carbocycles. The Morgan fingerprint density at radius 3 is 2.04 bits per heavy atom. The Kier molecular flexibility index (Phi) is 8.58. The van der Waals surface area contributed by atoms with E-state index in [2.05, 4.69) is 103 Å². The highest BCUT2D eigenvalue weighted by Crippen LogP contribution is 2.39. The van der Waals surface area contributed by atoms with Crippen LogP contribution in [0.4, 0.5) is 17.1 Å². The lowest BCUT2D eigenvalue weighted by Crippen LogP contribution is -2.10. The molecule has 6 aromatic carbocycles. The summed E-state index contributed by atoms with van der Waals surface area (Å²) in [6.45, 7) is 2.15. The second kappa shape index (κ2) is 13.2. The fraction of sp³-hybridized carbons (Fsp3) is 0.122. The van der Waals surface area contributed by atoms with Gasteiger partial charge in [0.1, 0.15) is 17.9 Å². The Balaban J connectivity index is 1.35. The number of fused-ring (bicyclic) bond motifs is 2. The smallest absolute Gasteiger partial charge is 0.119 e. The molecule has 218 valence electrons. The van der Waals surface area contributed by atoms with Gasteiger partial charge in [0.15, 0.2) is 0 Å². The molecule has 0 N–H and O–H groups in total. The summed E-state index contributed by atoms with van der Waals surface area (Å²) in [5.41, 5.74) is 7.30. The summed E-state index contributed by atoms with van der Waals surface area (Å²) >= 11 is 0. The first kappa shape index (κ1) is 29.2. The van der Waals surface area contributed by atoms with Gasteiger partial charge in [-0.15, -0.1) is 0 Å². The monoisotopic (exact) mass is 583 g/mol. The highest BCUT2D eigenvalue weighted by atomic mass is 16.5. The molecule has 0 fully saturated rings. The summed E-state index contributed by atoms with van der Waals surface area (Å²) in [5, 5.41) is 24.1. The summed E-state index contributed by atoms with van der Waals surface area (Å²) in [4.78, 5) is 2.26. The fourth-order valence-corrected chi connectivity index (χ4v) is 5.92. The van der Waals surface area contributed by atoms with Crippen LogP contribution in [0.25, 0.3) is 33.7 Å². The SMILES string of the molecule is CCCCc1ccc2c(C#N)c(C=Cc3ccc(N(c4ccc(OC)cc4)c4cccc5ccccc45)cc3)ccc2c1C#N. The molecule has 0 saturated heterocycles. The quantitative estimate of drug-likeness (QED) is 0.159. The van der Waals surface area contributed by atoms with Crippen molar-refractivity contribution < 1.29 is 4.74 Å². The molecular formula is C41H33N3O. The van der Waals surface area contributed by atoms with Gasteiger partial charge in [-0.2, -0.15) is 10.5 Å². The zero-order valence-corrected chi connectivity index (χ0v) is 25.5. The van der Waals surface area contributed by atoms with E-state index in [-0.39, 0.29) is 0 Å². The van der Waals surface area contributed by atoms with Gasteiger partial charge >= 0.3 is 0 Å². The first-order valence-corrected chi connectivity index (χ1v) is 15.2. The molecule has 0 unspecified atom stereocenters. The van der Waals surface area contributed by atoms with Gasteiger partial charge in [-0.1, -0.05) is 98.3 Å². The van der Waals surface area contributed by atoms with Crippen LogP contribution in [0.2, 0.25) is 0 Å². The first-order valence-electron chi connectivity index (χ1n) is 15.2. The number of hydrogen-bond acceptors (Lipinski definition) is 4. The molecule has 0 radical (unpaired) electrons. The maximum atomic E-state index is 10.1. The van der Waals surface area contributed by atoms with E-state index in [0.717, 1.165) is 74.9 Å². The number of ether oxygens (including phenoxy) is 1. The van der Waals surface area contributed by atoms with Crippen LogP contribution in [0.1, 0.15) is 47.6 Å². The maximum Gasteiger partial charge on any atom is 0.119 e. The lowest BCUT2D eigenvalue weighted by Gasteiger charge is -2.27. The molecule has 6 rings (SSSR count). The normalized spacial score (nSPS) is 11.0. The third-order valence-electron chi connectivity index (χ3n) is 8.29. The number of rotatable bonds is 9. The highest BCUT2D eigenvalue weighted by Gasteiger charge is 2.16. The van der Waals surface area contributed by atoms with E-state index in [4.69, 9.17) is 4.74 Å². The van der Waals surface area contributed by atoms with E-state index in [1.807, 2.05) is 48.6 Å². The van der Waals surface area contributed by atoms with Gasteiger partial charge in [-0.3, -0.25) is 0 Å². The second-order valence-electron chi connectivity index (χ2n) is 11.0. The van der Waals surface area contributed by atoms with Gasteiger partial charge in [-0.05, 0) is 77.4 Å². The van der Waals surface area contributed by atoms with Crippen LogP contribution < -0.4 is 9.64 Å². The summed E-state index contributed by atoms with van der Waals surface area (Å²) < 4.78 is 5.42. The van der Waals surface area contributed by atoms with E-state index in [9.17, 15) is 10.5 Å². The van der Waals surface area contributed by atoms with Gasteiger partial charge in [0.05, 0.1) is 23.9 Å². The number of aryl methyl sites for hydroxylation is 1. The number of unbranched alkanes of at least 4 members (excludes halogenated alkanes) is 1. The third-order valence-corrected chi connectivity index (χ3v) is 8.29. The molecule has 0 aliphatic rings. The van der Waals surface area contributed by atoms with Crippen LogP contribution in [-0.2, 0) is 6.42 Å². The Bertz CT molecular complexity index is 2090. The van der Waals surface area contributed by atoms with Crippen LogP contribution in [0.3, 0.4) is 0 Å². The molecule has 0 spiro atoms. The van der Waals surface area contributed by atoms with E-state index in [0.29, 0.717) is 11.1 Å². The minimum Gasteiger partial charge on any atom is -0.497 e. The highest BCUT2D eigenvalue weighted by molar-refractivity contribution is 5.99. The topological polar surface area (TPSA) is 60.1 Å². The van der Waals surface area contributed by atoms with Gasteiger partial charge < -0.3 is 9.64 Å². The van der Waals surface area contributed by atoms with Crippen LogP contribution in [0.15, 0.2) is 115 Å². The van der Waals surface area contributed by atoms with Crippen molar-refractivity contribution in [3.8, 4) is 17.9 Å². The van der Waals surface area contributed by atoms with E-state index in [1.165, 1.54) is 5.39 Å². The van der Waals surface area contributed by atoms with Crippen molar-refractivity contribution in [1.29, 1.82) is 10.5 Å². The summed E-state index contributed by atoms with van der Waals surface area (Å²) in [5.74, 6) is 0.809. The van der Waals surface area contributed by atoms with Gasteiger partial charge in [-0.25, -0.2) is 0 Å². The molecule has 0 heterocycles. The predicted molar refractivity (Wildman–Crippen MR) is 186 cm³/mol. The molecule has 4 heteroatoms. The second-order valence-corrected chi connectivity index (χ2v) is 11.0. The van der Waals surface area contributed by atoms with Crippen molar-refractivity contribution in [1.82, 2.24) is 0 Å². The molecule has 0 amide bonds. The van der Waals surface area contributed by atoms with Crippen molar-refractivity contribution in [2.75, 3.05) is 12.0 Å². The molecule has 0 aliphatic heterocycles. The molecule has 0 aromatic heterocycles. The number of anilines is 3. The van der Waals surface area contributed by atoms with Crippen molar-refractivity contribution >= 4 is 50.8 Å². The first-order chi connectivity index (χ1) is 22.1. The Labute approximate surface area is 264 Å². The van der Waals surface area contributed by atoms with Gasteiger partial charge in [0, 0.05) is 27.5 Å². The number of nitrogens with zero attached hydrogens (tertiary/aromatic N) is 3.